The van der Waals surface area contributed by atoms with Crippen LogP contribution in [0.15, 0.2) is 78.9 Å². The molecule has 0 heterocycles. The van der Waals surface area contributed by atoms with Crippen molar-refractivity contribution in [3.8, 4) is 5.75 Å². The second-order valence-electron chi connectivity index (χ2n) is 7.97. The molecule has 0 saturated carbocycles. The first-order valence-corrected chi connectivity index (χ1v) is 11.5. The van der Waals surface area contributed by atoms with Gasteiger partial charge in [-0.2, -0.15) is 0 Å². The second kappa shape index (κ2) is 12.5. The van der Waals surface area contributed by atoms with E-state index in [-0.39, 0.29) is 16.9 Å². The molecule has 3 aromatic carbocycles. The average Bonchev–Trinajstić information content (AvgIpc) is 2.84. The Hall–Kier alpha value is -3.71. The molecule has 0 bridgehead atoms. The summed E-state index contributed by atoms with van der Waals surface area (Å²) in [4.78, 5) is 26.1. The Labute approximate surface area is 205 Å². The summed E-state index contributed by atoms with van der Waals surface area (Å²) < 4.78 is 5.88. The van der Waals surface area contributed by atoms with Crippen LogP contribution in [0.4, 0.5) is 5.69 Å². The summed E-state index contributed by atoms with van der Waals surface area (Å²) in [6.45, 7) is 0.462. The summed E-state index contributed by atoms with van der Waals surface area (Å²) in [5, 5.41) is 5.93. The first-order valence-electron chi connectivity index (χ1n) is 11.1. The molecule has 0 aliphatic heterocycles. The highest BCUT2D eigenvalue weighted by atomic mass is 32.1. The maximum Gasteiger partial charge on any atom is 0.261 e. The van der Waals surface area contributed by atoms with Crippen LogP contribution in [0.2, 0.25) is 0 Å². The number of hydrogen-bond donors (Lipinski definition) is 2. The predicted octanol–water partition coefficient (Wildman–Crippen LogP) is 4.46. The zero-order valence-corrected chi connectivity index (χ0v) is 20.2. The highest BCUT2D eigenvalue weighted by Crippen LogP contribution is 2.18. The molecule has 2 amide bonds. The van der Waals surface area contributed by atoms with E-state index in [2.05, 4.69) is 10.6 Å². The number of benzene rings is 3. The second-order valence-corrected chi connectivity index (χ2v) is 8.38. The zero-order valence-electron chi connectivity index (χ0n) is 19.4. The molecule has 7 heteroatoms. The molecule has 0 unspecified atom stereocenters. The molecule has 0 aromatic heterocycles. The fourth-order valence-corrected chi connectivity index (χ4v) is 3.48. The van der Waals surface area contributed by atoms with E-state index >= 15 is 0 Å². The molecule has 0 aliphatic carbocycles. The van der Waals surface area contributed by atoms with E-state index in [1.54, 1.807) is 37.2 Å². The Kier molecular flexibility index (Phi) is 9.17. The van der Waals surface area contributed by atoms with Crippen molar-refractivity contribution >= 4 is 34.8 Å². The van der Waals surface area contributed by atoms with E-state index in [9.17, 15) is 9.59 Å². The van der Waals surface area contributed by atoms with Crippen molar-refractivity contribution in [2.75, 3.05) is 26.0 Å². The summed E-state index contributed by atoms with van der Waals surface area (Å²) in [6.07, 6.45) is 1.87. The van der Waals surface area contributed by atoms with Crippen molar-refractivity contribution in [1.82, 2.24) is 10.2 Å². The van der Waals surface area contributed by atoms with E-state index in [1.807, 2.05) is 60.7 Å². The van der Waals surface area contributed by atoms with Gasteiger partial charge in [0.2, 0.25) is 5.91 Å². The van der Waals surface area contributed by atoms with Crippen molar-refractivity contribution in [2.24, 2.45) is 0 Å². The lowest BCUT2D eigenvalue weighted by molar-refractivity contribution is -0.128. The van der Waals surface area contributed by atoms with Crippen LogP contribution >= 0.6 is 12.2 Å². The van der Waals surface area contributed by atoms with Crippen molar-refractivity contribution < 1.29 is 14.3 Å². The monoisotopic (exact) mass is 475 g/mol. The van der Waals surface area contributed by atoms with Crippen LogP contribution in [0.1, 0.15) is 27.9 Å². The molecule has 0 radical (unpaired) electrons. The minimum Gasteiger partial charge on any atom is -0.492 e. The molecular weight excluding hydrogens is 446 g/mol. The van der Waals surface area contributed by atoms with Gasteiger partial charge in [-0.25, -0.2) is 0 Å². The van der Waals surface area contributed by atoms with E-state index in [0.717, 1.165) is 17.7 Å². The number of carbonyl (C=O) groups excluding carboxylic acids is 2. The lowest BCUT2D eigenvalue weighted by Gasteiger charge is -2.13. The minimum absolute atomic E-state index is 0.0930. The molecule has 3 aromatic rings. The van der Waals surface area contributed by atoms with Crippen molar-refractivity contribution in [2.45, 2.75) is 19.3 Å². The maximum absolute atomic E-state index is 12.8. The van der Waals surface area contributed by atoms with Crippen LogP contribution in [0.3, 0.4) is 0 Å². The van der Waals surface area contributed by atoms with Gasteiger partial charge < -0.3 is 15.0 Å². The lowest BCUT2D eigenvalue weighted by atomic mass is 10.1. The Bertz CT molecular complexity index is 1120. The summed E-state index contributed by atoms with van der Waals surface area (Å²) in [5.41, 5.74) is 3.39. The highest BCUT2D eigenvalue weighted by molar-refractivity contribution is 7.80. The summed E-state index contributed by atoms with van der Waals surface area (Å²) >= 11 is 5.32. The standard InChI is InChI=1S/C27H29N3O3S/c1-30(2)25(31)17-14-21-12-15-22(16-13-21)28-27(34)29-26(32)23-10-6-7-11-24(23)33-19-18-20-8-4-3-5-9-20/h3-13,15-16H,14,17-19H2,1-2H3,(H2,28,29,32,34). The van der Waals surface area contributed by atoms with E-state index < -0.39 is 0 Å². The molecule has 3 rings (SSSR count). The van der Waals surface area contributed by atoms with E-state index in [4.69, 9.17) is 17.0 Å². The quantitative estimate of drug-likeness (QED) is 0.447. The zero-order chi connectivity index (χ0) is 24.3. The Balaban J connectivity index is 1.51. The topological polar surface area (TPSA) is 70.7 Å². The third-order valence-corrected chi connectivity index (χ3v) is 5.39. The van der Waals surface area contributed by atoms with Crippen LogP contribution in [-0.2, 0) is 17.6 Å². The van der Waals surface area contributed by atoms with Gasteiger partial charge in [0.15, 0.2) is 5.11 Å². The summed E-state index contributed by atoms with van der Waals surface area (Å²) in [5.74, 6) is 0.261. The van der Waals surface area contributed by atoms with Gasteiger partial charge >= 0.3 is 0 Å². The van der Waals surface area contributed by atoms with E-state index in [0.29, 0.717) is 30.8 Å². The highest BCUT2D eigenvalue weighted by Gasteiger charge is 2.14. The number of nitrogens with zero attached hydrogens (tertiary/aromatic N) is 1. The van der Waals surface area contributed by atoms with Crippen LogP contribution in [0.5, 0.6) is 5.75 Å². The average molecular weight is 476 g/mol. The number of anilines is 1. The van der Waals surface area contributed by atoms with Crippen LogP contribution < -0.4 is 15.4 Å². The Morgan fingerprint density at radius 1 is 0.853 bits per heavy atom. The molecule has 176 valence electrons. The number of rotatable bonds is 9. The molecular formula is C27H29N3O3S. The van der Waals surface area contributed by atoms with Gasteiger partial charge in [-0.3, -0.25) is 14.9 Å². The van der Waals surface area contributed by atoms with Crippen molar-refractivity contribution in [3.63, 3.8) is 0 Å². The number of nitrogens with one attached hydrogen (secondary N) is 2. The first-order chi connectivity index (χ1) is 16.4. The van der Waals surface area contributed by atoms with Gasteiger partial charge in [-0.05, 0) is 54.0 Å². The fraction of sp³-hybridized carbons (Fsp3) is 0.222. The molecule has 0 spiro atoms. The van der Waals surface area contributed by atoms with Gasteiger partial charge in [0.05, 0.1) is 12.2 Å². The van der Waals surface area contributed by atoms with Gasteiger partial charge in [-0.15, -0.1) is 0 Å². The molecule has 34 heavy (non-hydrogen) atoms. The molecule has 0 fully saturated rings. The smallest absolute Gasteiger partial charge is 0.261 e. The van der Waals surface area contributed by atoms with Crippen LogP contribution in [-0.4, -0.2) is 42.5 Å². The van der Waals surface area contributed by atoms with Gasteiger partial charge in [0.1, 0.15) is 5.75 Å². The summed E-state index contributed by atoms with van der Waals surface area (Å²) in [6, 6.07) is 24.8. The molecule has 2 N–H and O–H groups in total. The predicted molar refractivity (Wildman–Crippen MR) is 139 cm³/mol. The summed E-state index contributed by atoms with van der Waals surface area (Å²) in [7, 11) is 3.50. The third-order valence-electron chi connectivity index (χ3n) is 5.19. The number of para-hydroxylation sites is 1. The Morgan fingerprint density at radius 3 is 2.21 bits per heavy atom. The number of amides is 2. The number of thiocarbonyl (C=S) groups is 1. The van der Waals surface area contributed by atoms with Gasteiger partial charge in [0, 0.05) is 32.6 Å². The SMILES string of the molecule is CN(C)C(=O)CCc1ccc(NC(=S)NC(=O)c2ccccc2OCCc2ccccc2)cc1. The van der Waals surface area contributed by atoms with Gasteiger partial charge in [-0.1, -0.05) is 54.6 Å². The molecule has 0 saturated heterocycles. The number of hydrogen-bond acceptors (Lipinski definition) is 4. The molecule has 0 aliphatic rings. The number of carbonyl (C=O) groups is 2. The van der Waals surface area contributed by atoms with Crippen molar-refractivity contribution in [1.29, 1.82) is 0 Å². The number of ether oxygens (including phenoxy) is 1. The first kappa shape index (κ1) is 24.9. The molecule has 0 atom stereocenters. The normalized spacial score (nSPS) is 10.3. The minimum atomic E-state index is -0.341. The van der Waals surface area contributed by atoms with Crippen LogP contribution in [0, 0.1) is 0 Å². The van der Waals surface area contributed by atoms with Crippen LogP contribution in [0.25, 0.3) is 0 Å². The third kappa shape index (κ3) is 7.71. The fourth-order valence-electron chi connectivity index (χ4n) is 3.27. The van der Waals surface area contributed by atoms with Gasteiger partial charge in [0.25, 0.3) is 5.91 Å². The van der Waals surface area contributed by atoms with Crippen molar-refractivity contribution in [3.05, 3.63) is 95.6 Å². The molecule has 6 nitrogen and oxygen atoms in total. The van der Waals surface area contributed by atoms with E-state index in [1.165, 1.54) is 5.56 Å². The number of aryl methyl sites for hydroxylation is 1. The Morgan fingerprint density at radius 2 is 1.50 bits per heavy atom. The largest absolute Gasteiger partial charge is 0.492 e. The lowest BCUT2D eigenvalue weighted by Crippen LogP contribution is -2.34. The maximum atomic E-state index is 12.8.